The fraction of sp³-hybridized carbons (Fsp3) is 0.500. The Kier molecular flexibility index (Phi) is 2.40. The van der Waals surface area contributed by atoms with Crippen LogP contribution in [0.5, 0.6) is 0 Å². The highest BCUT2D eigenvalue weighted by Crippen LogP contribution is 2.73. The molecule has 2 aliphatic rings. The third-order valence-corrected chi connectivity index (χ3v) is 6.57. The molecule has 3 heteroatoms. The van der Waals surface area contributed by atoms with Crippen molar-refractivity contribution >= 4 is 47.8 Å². The van der Waals surface area contributed by atoms with Gasteiger partial charge in [-0.1, -0.05) is 78.1 Å². The van der Waals surface area contributed by atoms with Gasteiger partial charge in [-0.25, -0.2) is 0 Å². The average Bonchev–Trinajstić information content (AvgIpc) is 3.06. The molecule has 2 fully saturated rings. The van der Waals surface area contributed by atoms with E-state index in [9.17, 15) is 0 Å². The largest absolute Gasteiger partial charge is 0.0880 e. The van der Waals surface area contributed by atoms with Crippen molar-refractivity contribution < 1.29 is 0 Å². The van der Waals surface area contributed by atoms with Crippen molar-refractivity contribution in [3.05, 3.63) is 35.9 Å². The number of benzene rings is 1. The Bertz CT molecular complexity index is 387. The third kappa shape index (κ3) is 1.57. The summed E-state index contributed by atoms with van der Waals surface area (Å²) in [7, 11) is 0. The second kappa shape index (κ2) is 3.33. The zero-order valence-electron chi connectivity index (χ0n) is 8.09. The first-order valence-electron chi connectivity index (χ1n) is 5.15. The van der Waals surface area contributed by atoms with E-state index in [1.807, 2.05) is 0 Å². The molecule has 0 amide bonds. The second-order valence-corrected chi connectivity index (χ2v) is 9.60. The first-order chi connectivity index (χ1) is 7.07. The SMILES string of the molecule is BrC1CC1(c1ccccc1)C1CC1(Br)Br. The van der Waals surface area contributed by atoms with Gasteiger partial charge in [-0.15, -0.1) is 0 Å². The van der Waals surface area contributed by atoms with Gasteiger partial charge < -0.3 is 0 Å². The molecule has 2 aliphatic carbocycles. The van der Waals surface area contributed by atoms with E-state index in [0.717, 1.165) is 5.92 Å². The van der Waals surface area contributed by atoms with Crippen LogP contribution in [0, 0.1) is 5.92 Å². The second-order valence-electron chi connectivity index (χ2n) is 4.60. The van der Waals surface area contributed by atoms with Crippen LogP contribution in [0.1, 0.15) is 18.4 Å². The van der Waals surface area contributed by atoms with Crippen molar-refractivity contribution in [2.24, 2.45) is 5.92 Å². The van der Waals surface area contributed by atoms with E-state index < -0.39 is 0 Å². The molecule has 0 aromatic heterocycles. The molecule has 0 spiro atoms. The molecule has 1 aromatic carbocycles. The Morgan fingerprint density at radius 3 is 2.00 bits per heavy atom. The van der Waals surface area contributed by atoms with E-state index in [-0.39, 0.29) is 3.23 Å². The summed E-state index contributed by atoms with van der Waals surface area (Å²) >= 11 is 11.3. The summed E-state index contributed by atoms with van der Waals surface area (Å²) in [5, 5.41) is 0. The molecule has 15 heavy (non-hydrogen) atoms. The number of hydrogen-bond acceptors (Lipinski definition) is 0. The maximum absolute atomic E-state index is 3.79. The van der Waals surface area contributed by atoms with Crippen LogP contribution in [-0.2, 0) is 5.41 Å². The molecule has 2 saturated carbocycles. The maximum atomic E-state index is 3.79. The smallest absolute Gasteiger partial charge is 0.0847 e. The normalized spacial score (nSPS) is 41.3. The molecule has 0 saturated heterocycles. The Hall–Kier alpha value is 0.660. The predicted molar refractivity (Wildman–Crippen MR) is 74.1 cm³/mol. The number of rotatable bonds is 2. The predicted octanol–water partition coefficient (Wildman–Crippen LogP) is 4.60. The number of alkyl halides is 3. The van der Waals surface area contributed by atoms with E-state index in [1.54, 1.807) is 0 Å². The maximum Gasteiger partial charge on any atom is 0.0847 e. The van der Waals surface area contributed by atoms with E-state index in [2.05, 4.69) is 78.1 Å². The summed E-state index contributed by atoms with van der Waals surface area (Å²) < 4.78 is 0.193. The minimum Gasteiger partial charge on any atom is -0.0880 e. The van der Waals surface area contributed by atoms with Gasteiger partial charge in [-0.2, -0.15) is 0 Å². The van der Waals surface area contributed by atoms with E-state index in [1.165, 1.54) is 18.4 Å². The van der Waals surface area contributed by atoms with Gasteiger partial charge in [0.1, 0.15) is 0 Å². The van der Waals surface area contributed by atoms with Crippen LogP contribution in [0.4, 0.5) is 0 Å². The fourth-order valence-electron chi connectivity index (χ4n) is 2.62. The molecule has 0 nitrogen and oxygen atoms in total. The van der Waals surface area contributed by atoms with E-state index in [4.69, 9.17) is 0 Å². The molecule has 0 aliphatic heterocycles. The summed E-state index contributed by atoms with van der Waals surface area (Å²) in [6.07, 6.45) is 2.49. The van der Waals surface area contributed by atoms with Gasteiger partial charge in [-0.3, -0.25) is 0 Å². The van der Waals surface area contributed by atoms with Crippen molar-refractivity contribution in [2.75, 3.05) is 0 Å². The van der Waals surface area contributed by atoms with Crippen LogP contribution >= 0.6 is 47.8 Å². The highest BCUT2D eigenvalue weighted by Gasteiger charge is 2.70. The molecule has 3 atom stereocenters. The van der Waals surface area contributed by atoms with Crippen molar-refractivity contribution in [2.45, 2.75) is 26.3 Å². The zero-order chi connectivity index (χ0) is 10.7. The van der Waals surface area contributed by atoms with Crippen LogP contribution in [-0.4, -0.2) is 8.06 Å². The van der Waals surface area contributed by atoms with Crippen LogP contribution in [0.15, 0.2) is 30.3 Å². The number of halogens is 3. The monoisotopic (exact) mass is 392 g/mol. The van der Waals surface area contributed by atoms with Crippen LogP contribution in [0.25, 0.3) is 0 Å². The van der Waals surface area contributed by atoms with Gasteiger partial charge in [0.25, 0.3) is 0 Å². The molecule has 0 heterocycles. The van der Waals surface area contributed by atoms with Gasteiger partial charge in [0.05, 0.1) is 3.23 Å². The summed E-state index contributed by atoms with van der Waals surface area (Å²) in [4.78, 5) is 0.648. The van der Waals surface area contributed by atoms with Crippen LogP contribution < -0.4 is 0 Å². The standard InChI is InChI=1S/C12H11Br3/c13-10-7-11(10,9-6-12(9,14)15)8-4-2-1-3-5-8/h1-5,9-10H,6-7H2. The van der Waals surface area contributed by atoms with Crippen molar-refractivity contribution in [3.63, 3.8) is 0 Å². The Balaban J connectivity index is 1.96. The molecule has 80 valence electrons. The topological polar surface area (TPSA) is 0 Å². The highest BCUT2D eigenvalue weighted by molar-refractivity contribution is 9.25. The lowest BCUT2D eigenvalue weighted by Crippen LogP contribution is -2.16. The van der Waals surface area contributed by atoms with Crippen LogP contribution in [0.2, 0.25) is 0 Å². The lowest BCUT2D eigenvalue weighted by Gasteiger charge is -2.17. The minimum absolute atomic E-state index is 0.193. The molecule has 0 radical (unpaired) electrons. The minimum atomic E-state index is 0.193. The van der Waals surface area contributed by atoms with E-state index in [0.29, 0.717) is 10.2 Å². The Morgan fingerprint density at radius 2 is 1.60 bits per heavy atom. The molecular formula is C12H11Br3. The Labute approximate surface area is 115 Å². The number of hydrogen-bond donors (Lipinski definition) is 0. The van der Waals surface area contributed by atoms with Crippen molar-refractivity contribution in [3.8, 4) is 0 Å². The van der Waals surface area contributed by atoms with E-state index >= 15 is 0 Å². The lowest BCUT2D eigenvalue weighted by molar-refractivity contribution is 0.602. The molecule has 3 rings (SSSR count). The molecule has 0 bridgehead atoms. The van der Waals surface area contributed by atoms with Gasteiger partial charge in [0.15, 0.2) is 0 Å². The molecule has 3 unspecified atom stereocenters. The first kappa shape index (κ1) is 10.8. The fourth-order valence-corrected chi connectivity index (χ4v) is 5.20. The van der Waals surface area contributed by atoms with Gasteiger partial charge in [0, 0.05) is 10.2 Å². The third-order valence-electron chi connectivity index (χ3n) is 3.67. The zero-order valence-corrected chi connectivity index (χ0v) is 12.8. The highest BCUT2D eigenvalue weighted by atomic mass is 79.9. The molecule has 1 aromatic rings. The quantitative estimate of drug-likeness (QED) is 0.643. The summed E-state index contributed by atoms with van der Waals surface area (Å²) in [5.74, 6) is 0.719. The van der Waals surface area contributed by atoms with Crippen molar-refractivity contribution in [1.82, 2.24) is 0 Å². The van der Waals surface area contributed by atoms with Gasteiger partial charge in [0.2, 0.25) is 0 Å². The van der Waals surface area contributed by atoms with Gasteiger partial charge in [-0.05, 0) is 24.3 Å². The average molecular weight is 395 g/mol. The molecule has 0 N–H and O–H groups in total. The molecular weight excluding hydrogens is 384 g/mol. The van der Waals surface area contributed by atoms with Gasteiger partial charge >= 0.3 is 0 Å². The summed E-state index contributed by atoms with van der Waals surface area (Å²) in [6.45, 7) is 0. The summed E-state index contributed by atoms with van der Waals surface area (Å²) in [5.41, 5.74) is 1.85. The van der Waals surface area contributed by atoms with Crippen LogP contribution in [0.3, 0.4) is 0 Å². The lowest BCUT2D eigenvalue weighted by atomic mass is 9.91. The van der Waals surface area contributed by atoms with Crippen molar-refractivity contribution in [1.29, 1.82) is 0 Å². The Morgan fingerprint density at radius 1 is 1.07 bits per heavy atom. The summed E-state index contributed by atoms with van der Waals surface area (Å²) in [6, 6.07) is 10.9. The first-order valence-corrected chi connectivity index (χ1v) is 7.65.